The Labute approximate surface area is 92.6 Å². The summed E-state index contributed by atoms with van der Waals surface area (Å²) in [5, 5.41) is 6.23. The van der Waals surface area contributed by atoms with Gasteiger partial charge in [0.1, 0.15) is 12.8 Å². The van der Waals surface area contributed by atoms with E-state index in [2.05, 4.69) is 15.0 Å². The first-order chi connectivity index (χ1) is 6.86. The van der Waals surface area contributed by atoms with Crippen LogP contribution in [0.2, 0.25) is 0 Å². The van der Waals surface area contributed by atoms with Crippen molar-refractivity contribution in [3.8, 4) is 0 Å². The van der Waals surface area contributed by atoms with Crippen LogP contribution in [0.25, 0.3) is 0 Å². The van der Waals surface area contributed by atoms with Gasteiger partial charge in [0.25, 0.3) is 0 Å². The van der Waals surface area contributed by atoms with Crippen LogP contribution in [0, 0.1) is 0 Å². The maximum Gasteiger partial charge on any atom is 0.106 e. The van der Waals surface area contributed by atoms with Crippen LogP contribution >= 0.6 is 24.0 Å². The third kappa shape index (κ3) is 3.85. The van der Waals surface area contributed by atoms with E-state index in [0.717, 1.165) is 10.7 Å². The average Bonchev–Trinajstić information content (AvgIpc) is 2.25. The van der Waals surface area contributed by atoms with Crippen molar-refractivity contribution in [2.45, 2.75) is 5.03 Å². The summed E-state index contributed by atoms with van der Waals surface area (Å²) in [7, 11) is 1.50. The van der Waals surface area contributed by atoms with Crippen LogP contribution in [0.3, 0.4) is 0 Å². The standard InChI is InChI=1S/C9H10N2OS2/c1-12-11-8(6-13)7-14-9-4-2-3-5-10-9/h2-6H,7H2,1H3. The van der Waals surface area contributed by atoms with E-state index in [1.165, 1.54) is 12.5 Å². The topological polar surface area (TPSA) is 34.5 Å². The summed E-state index contributed by atoms with van der Waals surface area (Å²) in [6.45, 7) is 0. The summed E-state index contributed by atoms with van der Waals surface area (Å²) in [4.78, 5) is 8.80. The van der Waals surface area contributed by atoms with Gasteiger partial charge in [-0.1, -0.05) is 35.2 Å². The molecule has 0 bridgehead atoms. The van der Waals surface area contributed by atoms with Crippen molar-refractivity contribution in [2.75, 3.05) is 12.9 Å². The highest BCUT2D eigenvalue weighted by molar-refractivity contribution is 8.00. The molecule has 0 aliphatic rings. The van der Waals surface area contributed by atoms with E-state index in [4.69, 9.17) is 12.2 Å². The number of hydrogen-bond acceptors (Lipinski definition) is 5. The molecule has 0 aliphatic heterocycles. The average molecular weight is 226 g/mol. The van der Waals surface area contributed by atoms with Crippen LogP contribution in [0.1, 0.15) is 0 Å². The predicted molar refractivity (Wildman–Crippen MR) is 63.1 cm³/mol. The highest BCUT2D eigenvalue weighted by Crippen LogP contribution is 2.13. The van der Waals surface area contributed by atoms with E-state index < -0.39 is 0 Å². The van der Waals surface area contributed by atoms with Gasteiger partial charge in [0.15, 0.2) is 0 Å². The van der Waals surface area contributed by atoms with Gasteiger partial charge in [0, 0.05) is 17.3 Å². The lowest BCUT2D eigenvalue weighted by atomic mass is 10.5. The minimum atomic E-state index is 0.675. The summed E-state index contributed by atoms with van der Waals surface area (Å²) in [6.07, 6.45) is 1.76. The highest BCUT2D eigenvalue weighted by atomic mass is 32.2. The van der Waals surface area contributed by atoms with E-state index in [1.54, 1.807) is 18.0 Å². The Morgan fingerprint density at radius 1 is 1.71 bits per heavy atom. The molecule has 3 nitrogen and oxygen atoms in total. The zero-order chi connectivity index (χ0) is 10.2. The van der Waals surface area contributed by atoms with Gasteiger partial charge >= 0.3 is 0 Å². The largest absolute Gasteiger partial charge is 0.399 e. The third-order valence-corrected chi connectivity index (χ3v) is 2.60. The summed E-state index contributed by atoms with van der Waals surface area (Å²) < 4.78 is 0. The van der Waals surface area contributed by atoms with Crippen LogP contribution in [-0.2, 0) is 4.84 Å². The molecule has 0 unspecified atom stereocenters. The minimum absolute atomic E-state index is 0.675. The summed E-state index contributed by atoms with van der Waals surface area (Å²) in [5.74, 6) is 0.675. The second kappa shape index (κ2) is 6.50. The molecule has 14 heavy (non-hydrogen) atoms. The number of nitrogens with zero attached hydrogens (tertiary/aromatic N) is 2. The Bertz CT molecular complexity index is 314. The molecule has 1 aromatic heterocycles. The van der Waals surface area contributed by atoms with Gasteiger partial charge in [0.05, 0.1) is 5.03 Å². The SMILES string of the molecule is CON=C(C=S)CSc1ccccn1. The molecule has 0 saturated carbocycles. The van der Waals surface area contributed by atoms with Crippen molar-refractivity contribution in [3.05, 3.63) is 24.4 Å². The molecule has 0 atom stereocenters. The molecule has 0 spiro atoms. The van der Waals surface area contributed by atoms with Crippen molar-refractivity contribution in [1.29, 1.82) is 0 Å². The van der Waals surface area contributed by atoms with Crippen molar-refractivity contribution >= 4 is 35.1 Å². The van der Waals surface area contributed by atoms with E-state index >= 15 is 0 Å². The van der Waals surface area contributed by atoms with Gasteiger partial charge in [-0.3, -0.25) is 0 Å². The molecule has 1 rings (SSSR count). The van der Waals surface area contributed by atoms with Crippen LogP contribution in [0.5, 0.6) is 0 Å². The summed E-state index contributed by atoms with van der Waals surface area (Å²) >= 11 is 6.36. The molecule has 1 aromatic rings. The van der Waals surface area contributed by atoms with Crippen LogP contribution in [-0.4, -0.2) is 28.9 Å². The predicted octanol–water partition coefficient (Wildman–Crippen LogP) is 2.18. The van der Waals surface area contributed by atoms with E-state index in [-0.39, 0.29) is 0 Å². The highest BCUT2D eigenvalue weighted by Gasteiger charge is 1.98. The number of aromatic nitrogens is 1. The fourth-order valence-electron chi connectivity index (χ4n) is 0.779. The normalized spacial score (nSPS) is 11.1. The van der Waals surface area contributed by atoms with Crippen LogP contribution in [0.4, 0.5) is 0 Å². The van der Waals surface area contributed by atoms with E-state index in [0.29, 0.717) is 5.75 Å². The van der Waals surface area contributed by atoms with Crippen molar-refractivity contribution in [2.24, 2.45) is 5.16 Å². The lowest BCUT2D eigenvalue weighted by Gasteiger charge is -1.99. The van der Waals surface area contributed by atoms with Gasteiger partial charge in [0.2, 0.25) is 0 Å². The summed E-state index contributed by atoms with van der Waals surface area (Å²) in [5.41, 5.74) is 0.734. The number of thioether (sulfide) groups is 1. The second-order valence-electron chi connectivity index (χ2n) is 2.34. The summed E-state index contributed by atoms with van der Waals surface area (Å²) in [6, 6.07) is 5.77. The Hall–Kier alpha value is -0.940. The number of pyridine rings is 1. The second-order valence-corrected chi connectivity index (χ2v) is 3.57. The monoisotopic (exact) mass is 226 g/mol. The number of hydrogen-bond donors (Lipinski definition) is 0. The molecule has 0 amide bonds. The maximum atomic E-state index is 4.78. The van der Waals surface area contributed by atoms with E-state index in [1.807, 2.05) is 18.2 Å². The Morgan fingerprint density at radius 2 is 2.57 bits per heavy atom. The van der Waals surface area contributed by atoms with Crippen molar-refractivity contribution in [1.82, 2.24) is 4.98 Å². The fourth-order valence-corrected chi connectivity index (χ4v) is 1.75. The maximum absolute atomic E-state index is 4.78. The first-order valence-corrected chi connectivity index (χ1v) is 5.41. The van der Waals surface area contributed by atoms with Crippen LogP contribution < -0.4 is 0 Å². The van der Waals surface area contributed by atoms with Gasteiger partial charge in [-0.05, 0) is 12.1 Å². The first kappa shape index (κ1) is 11.1. The lowest BCUT2D eigenvalue weighted by molar-refractivity contribution is 0.214. The minimum Gasteiger partial charge on any atom is -0.399 e. The van der Waals surface area contributed by atoms with E-state index in [9.17, 15) is 0 Å². The molecule has 0 aromatic carbocycles. The molecule has 0 N–H and O–H groups in total. The Morgan fingerprint density at radius 3 is 3.14 bits per heavy atom. The number of oxime groups is 1. The quantitative estimate of drug-likeness (QED) is 0.333. The molecular weight excluding hydrogens is 216 g/mol. The molecule has 0 saturated heterocycles. The third-order valence-electron chi connectivity index (χ3n) is 1.35. The lowest BCUT2D eigenvalue weighted by Crippen LogP contribution is -2.02. The molecular formula is C9H10N2OS2. The smallest absolute Gasteiger partial charge is 0.106 e. The van der Waals surface area contributed by atoms with Crippen molar-refractivity contribution < 1.29 is 4.84 Å². The molecule has 5 heteroatoms. The first-order valence-electron chi connectivity index (χ1n) is 3.96. The Balaban J connectivity index is 2.48. The fraction of sp³-hybridized carbons (Fsp3) is 0.222. The molecule has 0 aliphatic carbocycles. The molecule has 0 fully saturated rings. The number of rotatable bonds is 5. The molecule has 74 valence electrons. The van der Waals surface area contributed by atoms with Gasteiger partial charge < -0.3 is 4.84 Å². The zero-order valence-corrected chi connectivity index (χ0v) is 9.35. The molecule has 0 radical (unpaired) electrons. The van der Waals surface area contributed by atoms with Crippen molar-refractivity contribution in [3.63, 3.8) is 0 Å². The van der Waals surface area contributed by atoms with Gasteiger partial charge in [-0.2, -0.15) is 0 Å². The Kier molecular flexibility index (Phi) is 5.17. The zero-order valence-electron chi connectivity index (χ0n) is 7.71. The van der Waals surface area contributed by atoms with Gasteiger partial charge in [-0.25, -0.2) is 4.98 Å². The number of thiocarbonyl (C=S) groups is 1. The van der Waals surface area contributed by atoms with Crippen LogP contribution in [0.15, 0.2) is 34.6 Å². The van der Waals surface area contributed by atoms with Gasteiger partial charge in [-0.15, -0.1) is 0 Å². The molecule has 1 heterocycles.